The number of nitrogens with zero attached hydrogens (tertiary/aromatic N) is 5. The fourth-order valence-corrected chi connectivity index (χ4v) is 8.55. The first-order valence-corrected chi connectivity index (χ1v) is 16.7. The van der Waals surface area contributed by atoms with E-state index in [0.717, 1.165) is 50.9 Å². The molecule has 15 heteroatoms. The number of nitrogen functional groups attached to an aromatic ring is 1. The van der Waals surface area contributed by atoms with Crippen molar-refractivity contribution in [2.75, 3.05) is 32.0 Å². The molecule has 0 bridgehead atoms. The van der Waals surface area contributed by atoms with Crippen molar-refractivity contribution in [1.29, 1.82) is 0 Å². The Morgan fingerprint density at radius 1 is 1.22 bits per heavy atom. The monoisotopic (exact) mass is 698 g/mol. The third-order valence-corrected chi connectivity index (χ3v) is 11.1. The highest BCUT2D eigenvalue weighted by atomic mass is 32.1. The number of fused-ring (bicyclic) bond motifs is 3. The number of nitrogens with two attached hydrogens (primary N) is 1. The first kappa shape index (κ1) is 33.0. The van der Waals surface area contributed by atoms with Gasteiger partial charge in [0.1, 0.15) is 24.0 Å². The molecule has 2 aromatic heterocycles. The van der Waals surface area contributed by atoms with Crippen LogP contribution in [0.2, 0.25) is 0 Å². The number of likely N-dealkylation sites (tertiary alicyclic amines) is 1. The molecule has 256 valence electrons. The molecule has 0 spiro atoms. The summed E-state index contributed by atoms with van der Waals surface area (Å²) >= 11 is 0.695. The van der Waals surface area contributed by atoms with Crippen LogP contribution in [0, 0.1) is 18.2 Å². The van der Waals surface area contributed by atoms with E-state index in [0.29, 0.717) is 30.4 Å². The van der Waals surface area contributed by atoms with Gasteiger partial charge in [-0.05, 0) is 69.5 Å². The first-order valence-electron chi connectivity index (χ1n) is 15.8. The van der Waals surface area contributed by atoms with E-state index in [1.165, 1.54) is 11.0 Å². The molecule has 5 heterocycles. The van der Waals surface area contributed by atoms with Crippen molar-refractivity contribution in [2.45, 2.75) is 62.9 Å². The summed E-state index contributed by atoms with van der Waals surface area (Å²) in [6.45, 7) is 15.2. The molecule has 7 rings (SSSR count). The van der Waals surface area contributed by atoms with Gasteiger partial charge in [0, 0.05) is 23.9 Å². The van der Waals surface area contributed by atoms with E-state index in [2.05, 4.69) is 26.3 Å². The number of ether oxygens (including phenoxy) is 2. The number of aromatic nitrogens is 2. The van der Waals surface area contributed by atoms with Crippen LogP contribution in [0.4, 0.5) is 32.6 Å². The van der Waals surface area contributed by atoms with Crippen molar-refractivity contribution < 1.29 is 36.2 Å². The van der Waals surface area contributed by atoms with Gasteiger partial charge < -0.3 is 20.1 Å². The molecule has 9 nitrogen and oxygen atoms in total. The van der Waals surface area contributed by atoms with Gasteiger partial charge in [-0.1, -0.05) is 12.6 Å². The van der Waals surface area contributed by atoms with Crippen LogP contribution in [0.3, 0.4) is 0 Å². The van der Waals surface area contributed by atoms with Gasteiger partial charge in [0.05, 0.1) is 38.8 Å². The lowest BCUT2D eigenvalue weighted by molar-refractivity contribution is -0.137. The molecule has 3 fully saturated rings. The van der Waals surface area contributed by atoms with Crippen molar-refractivity contribution >= 4 is 48.9 Å². The van der Waals surface area contributed by atoms with Crippen molar-refractivity contribution in [2.24, 2.45) is 0 Å². The SMILES string of the molecule is [C-]#[N+]c1c(N)sc2c(F)ccc(-c3c(C(F)(F)F)cc4c(OC5CCN(C(=O)C=C)C5C)nc(OCC56CCCN5CCC6)nc4c3F)c12. The molecule has 2 aromatic carbocycles. The van der Waals surface area contributed by atoms with E-state index in [4.69, 9.17) is 21.8 Å². The van der Waals surface area contributed by atoms with E-state index in [-0.39, 0.29) is 61.7 Å². The zero-order valence-corrected chi connectivity index (χ0v) is 27.2. The molecule has 2 atom stereocenters. The number of anilines is 1. The number of rotatable bonds is 7. The average Bonchev–Trinajstić information content (AvgIpc) is 3.83. The summed E-state index contributed by atoms with van der Waals surface area (Å²) in [6.07, 6.45) is -0.565. The summed E-state index contributed by atoms with van der Waals surface area (Å²) in [6, 6.07) is 1.85. The Morgan fingerprint density at radius 2 is 1.96 bits per heavy atom. The first-order chi connectivity index (χ1) is 23.4. The molecule has 0 aliphatic carbocycles. The Labute approximate surface area is 281 Å². The van der Waals surface area contributed by atoms with E-state index in [1.54, 1.807) is 6.92 Å². The van der Waals surface area contributed by atoms with Gasteiger partial charge in [-0.3, -0.25) is 9.69 Å². The average molecular weight is 699 g/mol. The lowest BCUT2D eigenvalue weighted by atomic mass is 9.93. The lowest BCUT2D eigenvalue weighted by Gasteiger charge is -2.31. The number of halogens is 5. The summed E-state index contributed by atoms with van der Waals surface area (Å²) < 4.78 is 88.7. The van der Waals surface area contributed by atoms with Crippen LogP contribution in [0.5, 0.6) is 11.9 Å². The van der Waals surface area contributed by atoms with Crippen LogP contribution in [0.25, 0.3) is 37.0 Å². The largest absolute Gasteiger partial charge is 0.471 e. The van der Waals surface area contributed by atoms with Crippen LogP contribution < -0.4 is 15.2 Å². The normalized spacial score (nSPS) is 20.6. The number of benzene rings is 2. The van der Waals surface area contributed by atoms with E-state index in [9.17, 15) is 22.4 Å². The highest BCUT2D eigenvalue weighted by Gasteiger charge is 2.45. The lowest BCUT2D eigenvalue weighted by Crippen LogP contribution is -2.43. The molecule has 0 radical (unpaired) electrons. The Bertz CT molecular complexity index is 2050. The molecule has 1 amide bonds. The van der Waals surface area contributed by atoms with Gasteiger partial charge in [0.2, 0.25) is 17.5 Å². The van der Waals surface area contributed by atoms with Crippen molar-refractivity contribution in [3.63, 3.8) is 0 Å². The molecule has 3 saturated heterocycles. The standard InChI is InChI=1S/C34H31F5N6O3S/c1-4-23(46)45-14-9-22(17(45)2)48-31-19-15-20(34(37,38)39)24(18-7-8-21(35)29-25(18)28(41-3)30(40)49-29)26(36)27(19)42-32(43-31)47-16-33-10-5-12-44(33)13-6-11-33/h4,7-8,15,17,22H,1,5-6,9-14,16,40H2,2H3. The van der Waals surface area contributed by atoms with E-state index in [1.807, 2.05) is 0 Å². The Morgan fingerprint density at radius 3 is 2.63 bits per heavy atom. The van der Waals surface area contributed by atoms with Gasteiger partial charge in [-0.15, -0.1) is 11.3 Å². The minimum Gasteiger partial charge on any atom is -0.471 e. The van der Waals surface area contributed by atoms with Gasteiger partial charge in [0.15, 0.2) is 5.82 Å². The number of hydrogen-bond acceptors (Lipinski definition) is 8. The van der Waals surface area contributed by atoms with Crippen molar-refractivity contribution in [1.82, 2.24) is 19.8 Å². The summed E-state index contributed by atoms with van der Waals surface area (Å²) in [5, 5.41) is -0.699. The summed E-state index contributed by atoms with van der Waals surface area (Å²) in [4.78, 5) is 28.3. The maximum absolute atomic E-state index is 17.0. The second-order valence-electron chi connectivity index (χ2n) is 12.7. The summed E-state index contributed by atoms with van der Waals surface area (Å²) in [7, 11) is 0. The highest BCUT2D eigenvalue weighted by Crippen LogP contribution is 2.51. The summed E-state index contributed by atoms with van der Waals surface area (Å²) in [5.41, 5.74) is 2.24. The predicted molar refractivity (Wildman–Crippen MR) is 175 cm³/mol. The molecule has 2 N–H and O–H groups in total. The molecule has 0 saturated carbocycles. The molecule has 3 aliphatic heterocycles. The van der Waals surface area contributed by atoms with Crippen molar-refractivity contribution in [3.8, 4) is 23.0 Å². The molecule has 49 heavy (non-hydrogen) atoms. The smallest absolute Gasteiger partial charge is 0.417 e. The Kier molecular flexibility index (Phi) is 8.14. The molecule has 3 aliphatic rings. The maximum atomic E-state index is 17.0. The van der Waals surface area contributed by atoms with Crippen LogP contribution in [-0.4, -0.2) is 69.6 Å². The quantitative estimate of drug-likeness (QED) is 0.121. The fourth-order valence-electron chi connectivity index (χ4n) is 7.61. The Hall–Kier alpha value is -4.55. The highest BCUT2D eigenvalue weighted by molar-refractivity contribution is 7.23. The van der Waals surface area contributed by atoms with Crippen LogP contribution >= 0.6 is 11.3 Å². The maximum Gasteiger partial charge on any atom is 0.417 e. The minimum absolute atomic E-state index is 0.110. The number of alkyl halides is 3. The van der Waals surface area contributed by atoms with Gasteiger partial charge in [0.25, 0.3) is 0 Å². The third kappa shape index (κ3) is 5.41. The molecular formula is C34H31F5N6O3S. The number of carbonyl (C=O) groups is 1. The second kappa shape index (κ2) is 12.1. The molecule has 2 unspecified atom stereocenters. The van der Waals surface area contributed by atoms with Gasteiger partial charge in [-0.25, -0.2) is 13.6 Å². The zero-order valence-electron chi connectivity index (χ0n) is 26.4. The van der Waals surface area contributed by atoms with E-state index >= 15 is 4.39 Å². The number of hydrogen-bond donors (Lipinski definition) is 1. The topological polar surface area (TPSA) is 98.2 Å². The van der Waals surface area contributed by atoms with Crippen molar-refractivity contribution in [3.05, 3.63) is 59.5 Å². The molecule has 4 aromatic rings. The summed E-state index contributed by atoms with van der Waals surface area (Å²) in [5.74, 6) is -2.85. The minimum atomic E-state index is -5.11. The second-order valence-corrected chi connectivity index (χ2v) is 13.7. The van der Waals surface area contributed by atoms with Crippen LogP contribution in [0.1, 0.15) is 44.6 Å². The zero-order chi connectivity index (χ0) is 34.8. The number of carbonyl (C=O) groups excluding carboxylic acids is 1. The third-order valence-electron chi connectivity index (χ3n) is 10.0. The predicted octanol–water partition coefficient (Wildman–Crippen LogP) is 7.50. The van der Waals surface area contributed by atoms with Crippen LogP contribution in [-0.2, 0) is 11.0 Å². The van der Waals surface area contributed by atoms with Gasteiger partial charge in [-0.2, -0.15) is 23.1 Å². The van der Waals surface area contributed by atoms with E-state index < -0.39 is 46.6 Å². The fraction of sp³-hybridized carbons (Fsp3) is 0.412. The number of thiophene rings is 1. The van der Waals surface area contributed by atoms with Gasteiger partial charge >= 0.3 is 12.2 Å². The molecular weight excluding hydrogens is 667 g/mol. The number of amides is 1. The Balaban J connectivity index is 1.43. The van der Waals surface area contributed by atoms with Crippen LogP contribution in [0.15, 0.2) is 30.9 Å².